The van der Waals surface area contributed by atoms with Gasteiger partial charge in [0.2, 0.25) is 0 Å². The van der Waals surface area contributed by atoms with Crippen LogP contribution in [0.4, 0.5) is 0 Å². The van der Waals surface area contributed by atoms with Gasteiger partial charge in [-0.1, -0.05) is 0 Å². The van der Waals surface area contributed by atoms with Gasteiger partial charge < -0.3 is 4.90 Å². The van der Waals surface area contributed by atoms with Crippen molar-refractivity contribution in [2.45, 2.75) is 13.3 Å². The van der Waals surface area contributed by atoms with Gasteiger partial charge in [0.1, 0.15) is 5.41 Å². The number of nitriles is 1. The third-order valence-corrected chi connectivity index (χ3v) is 2.35. The normalized spacial score (nSPS) is 31.7. The second-order valence-electron chi connectivity index (χ2n) is 3.24. The fourth-order valence-electron chi connectivity index (χ4n) is 1.46. The van der Waals surface area contributed by atoms with Gasteiger partial charge in [-0.2, -0.15) is 5.26 Å². The minimum atomic E-state index is -0.700. The van der Waals surface area contributed by atoms with Crippen LogP contribution in [0.15, 0.2) is 0 Å². The molecular weight excluding hydrogens is 140 g/mol. The van der Waals surface area contributed by atoms with Crippen molar-refractivity contribution in [1.29, 1.82) is 5.26 Å². The summed E-state index contributed by atoms with van der Waals surface area (Å²) in [5.74, 6) is 0.00403. The highest BCUT2D eigenvalue weighted by atomic mass is 16.1. The maximum atomic E-state index is 11.1. The van der Waals surface area contributed by atoms with Crippen LogP contribution in [0.3, 0.4) is 0 Å². The van der Waals surface area contributed by atoms with Crippen LogP contribution in [0.5, 0.6) is 0 Å². The third-order valence-electron chi connectivity index (χ3n) is 2.35. The number of hydrogen-bond acceptors (Lipinski definition) is 3. The van der Waals surface area contributed by atoms with Crippen molar-refractivity contribution in [3.05, 3.63) is 0 Å². The molecule has 1 heterocycles. The molecule has 0 N–H and O–H groups in total. The highest BCUT2D eigenvalue weighted by molar-refractivity contribution is 5.85. The summed E-state index contributed by atoms with van der Waals surface area (Å²) in [6.45, 7) is 2.95. The van der Waals surface area contributed by atoms with Crippen molar-refractivity contribution in [2.24, 2.45) is 5.41 Å². The van der Waals surface area contributed by atoms with Gasteiger partial charge in [0.05, 0.1) is 6.07 Å². The van der Waals surface area contributed by atoms with Gasteiger partial charge in [0.25, 0.3) is 0 Å². The second kappa shape index (κ2) is 2.63. The van der Waals surface area contributed by atoms with E-state index in [1.807, 2.05) is 11.9 Å². The van der Waals surface area contributed by atoms with E-state index in [0.29, 0.717) is 13.0 Å². The van der Waals surface area contributed by atoms with E-state index in [1.54, 1.807) is 0 Å². The fraction of sp³-hybridized carbons (Fsp3) is 0.750. The third kappa shape index (κ3) is 1.26. The molecule has 1 atom stereocenters. The van der Waals surface area contributed by atoms with Crippen LogP contribution < -0.4 is 0 Å². The van der Waals surface area contributed by atoms with Crippen LogP contribution in [0.2, 0.25) is 0 Å². The molecule has 1 aliphatic rings. The van der Waals surface area contributed by atoms with Gasteiger partial charge in [-0.15, -0.1) is 0 Å². The van der Waals surface area contributed by atoms with E-state index in [1.165, 1.54) is 6.92 Å². The summed E-state index contributed by atoms with van der Waals surface area (Å²) in [5.41, 5.74) is -0.700. The summed E-state index contributed by atoms with van der Waals surface area (Å²) in [6.07, 6.45) is 0.690. The van der Waals surface area contributed by atoms with Crippen LogP contribution in [0.25, 0.3) is 0 Å². The number of ketones is 1. The molecule has 0 bridgehead atoms. The standard InChI is InChI=1S/C8H12N2O/c1-7(11)8(5-9)3-4-10(2)6-8/h3-4,6H2,1-2H3. The monoisotopic (exact) mass is 152 g/mol. The van der Waals surface area contributed by atoms with Crippen molar-refractivity contribution in [1.82, 2.24) is 4.90 Å². The topological polar surface area (TPSA) is 44.1 Å². The Kier molecular flexibility index (Phi) is 1.97. The highest BCUT2D eigenvalue weighted by Gasteiger charge is 2.41. The first kappa shape index (κ1) is 8.22. The number of nitrogens with zero attached hydrogens (tertiary/aromatic N) is 2. The minimum Gasteiger partial charge on any atom is -0.304 e. The molecule has 0 aromatic rings. The molecule has 0 spiro atoms. The van der Waals surface area contributed by atoms with Crippen LogP contribution in [-0.2, 0) is 4.79 Å². The average molecular weight is 152 g/mol. The number of carbonyl (C=O) groups is 1. The van der Waals surface area contributed by atoms with E-state index in [2.05, 4.69) is 6.07 Å². The van der Waals surface area contributed by atoms with Crippen molar-refractivity contribution < 1.29 is 4.79 Å². The number of Topliss-reactive ketones (excluding diaryl/α,β-unsaturated/α-hetero) is 1. The number of hydrogen-bond donors (Lipinski definition) is 0. The molecule has 11 heavy (non-hydrogen) atoms. The lowest BCUT2D eigenvalue weighted by molar-refractivity contribution is -0.123. The molecule has 0 radical (unpaired) electrons. The van der Waals surface area contributed by atoms with Crippen LogP contribution >= 0.6 is 0 Å². The van der Waals surface area contributed by atoms with Gasteiger partial charge in [0, 0.05) is 6.54 Å². The molecule has 0 amide bonds. The first-order valence-corrected chi connectivity index (χ1v) is 3.71. The van der Waals surface area contributed by atoms with Crippen molar-refractivity contribution in [3.8, 4) is 6.07 Å². The van der Waals surface area contributed by atoms with Gasteiger partial charge in [0.15, 0.2) is 5.78 Å². The molecule has 3 heteroatoms. The summed E-state index contributed by atoms with van der Waals surface area (Å²) in [7, 11) is 1.93. The largest absolute Gasteiger partial charge is 0.304 e. The zero-order chi connectivity index (χ0) is 8.48. The van der Waals surface area contributed by atoms with Crippen LogP contribution in [0.1, 0.15) is 13.3 Å². The molecule has 1 unspecified atom stereocenters. The molecule has 1 rings (SSSR count). The molecule has 0 aromatic carbocycles. The molecule has 0 saturated carbocycles. The zero-order valence-electron chi connectivity index (χ0n) is 6.92. The van der Waals surface area contributed by atoms with Crippen molar-refractivity contribution >= 4 is 5.78 Å². The summed E-state index contributed by atoms with van der Waals surface area (Å²) in [6, 6.07) is 2.12. The van der Waals surface area contributed by atoms with E-state index in [4.69, 9.17) is 5.26 Å². The number of carbonyl (C=O) groups excluding carboxylic acids is 1. The Morgan fingerprint density at radius 3 is 2.55 bits per heavy atom. The molecule has 3 nitrogen and oxygen atoms in total. The zero-order valence-corrected chi connectivity index (χ0v) is 6.92. The Balaban J connectivity index is 2.81. The van der Waals surface area contributed by atoms with E-state index in [9.17, 15) is 4.79 Å². The van der Waals surface area contributed by atoms with E-state index < -0.39 is 5.41 Å². The maximum Gasteiger partial charge on any atom is 0.151 e. The predicted molar refractivity (Wildman–Crippen MR) is 40.8 cm³/mol. The molecule has 60 valence electrons. The van der Waals surface area contributed by atoms with Crippen molar-refractivity contribution in [2.75, 3.05) is 20.1 Å². The van der Waals surface area contributed by atoms with Crippen LogP contribution in [0, 0.1) is 16.7 Å². The summed E-state index contributed by atoms with van der Waals surface area (Å²) in [4.78, 5) is 13.1. The molecular formula is C8H12N2O. The summed E-state index contributed by atoms with van der Waals surface area (Å²) in [5, 5.41) is 8.81. The van der Waals surface area contributed by atoms with E-state index in [0.717, 1.165) is 6.54 Å². The van der Waals surface area contributed by atoms with Gasteiger partial charge in [-0.3, -0.25) is 4.79 Å². The maximum absolute atomic E-state index is 11.1. The summed E-state index contributed by atoms with van der Waals surface area (Å²) >= 11 is 0. The van der Waals surface area contributed by atoms with Gasteiger partial charge >= 0.3 is 0 Å². The molecule has 1 fully saturated rings. The van der Waals surface area contributed by atoms with Gasteiger partial charge in [-0.05, 0) is 26.9 Å². The summed E-state index contributed by atoms with van der Waals surface area (Å²) < 4.78 is 0. The first-order valence-electron chi connectivity index (χ1n) is 3.71. The Hall–Kier alpha value is -0.880. The predicted octanol–water partition coefficient (Wildman–Crippen LogP) is 0.421. The first-order chi connectivity index (χ1) is 5.10. The lowest BCUT2D eigenvalue weighted by Crippen LogP contribution is -2.30. The minimum absolute atomic E-state index is 0.00403. The lowest BCUT2D eigenvalue weighted by atomic mass is 9.85. The molecule has 0 aromatic heterocycles. The van der Waals surface area contributed by atoms with E-state index in [-0.39, 0.29) is 5.78 Å². The molecule has 1 saturated heterocycles. The molecule has 0 aliphatic carbocycles. The van der Waals surface area contributed by atoms with E-state index >= 15 is 0 Å². The quantitative estimate of drug-likeness (QED) is 0.547. The Labute approximate surface area is 66.6 Å². The lowest BCUT2D eigenvalue weighted by Gasteiger charge is -2.15. The SMILES string of the molecule is CC(=O)C1(C#N)CCN(C)C1. The smallest absolute Gasteiger partial charge is 0.151 e. The fourth-order valence-corrected chi connectivity index (χ4v) is 1.46. The molecule has 1 aliphatic heterocycles. The second-order valence-corrected chi connectivity index (χ2v) is 3.24. The Morgan fingerprint density at radius 2 is 2.36 bits per heavy atom. The highest BCUT2D eigenvalue weighted by Crippen LogP contribution is 2.29. The average Bonchev–Trinajstić information content (AvgIpc) is 2.33. The Bertz CT molecular complexity index is 219. The van der Waals surface area contributed by atoms with Gasteiger partial charge in [-0.25, -0.2) is 0 Å². The Morgan fingerprint density at radius 1 is 1.73 bits per heavy atom. The van der Waals surface area contributed by atoms with Crippen LogP contribution in [-0.4, -0.2) is 30.8 Å². The number of likely N-dealkylation sites (tertiary alicyclic amines) is 1. The number of rotatable bonds is 1. The van der Waals surface area contributed by atoms with Crippen molar-refractivity contribution in [3.63, 3.8) is 0 Å².